The quantitative estimate of drug-likeness (QED) is 0.144. The van der Waals surface area contributed by atoms with Crippen molar-refractivity contribution in [3.63, 3.8) is 0 Å². The summed E-state index contributed by atoms with van der Waals surface area (Å²) in [6.07, 6.45) is 5.42. The number of amides is 6. The van der Waals surface area contributed by atoms with Gasteiger partial charge >= 0.3 is 18.4 Å². The van der Waals surface area contributed by atoms with Crippen LogP contribution in [-0.4, -0.2) is 95.8 Å². The van der Waals surface area contributed by atoms with E-state index in [1.54, 1.807) is 16.7 Å². The van der Waals surface area contributed by atoms with Crippen molar-refractivity contribution in [1.82, 2.24) is 20.4 Å². The molecule has 0 unspecified atom stereocenters. The first-order chi connectivity index (χ1) is 39.0. The molecular formula is C63H82F6N6O7. The highest BCUT2D eigenvalue weighted by Gasteiger charge is 2.51. The molecule has 13 nitrogen and oxygen atoms in total. The summed E-state index contributed by atoms with van der Waals surface area (Å²) in [6.45, 7) is 9.59. The number of halogens is 6. The first kappa shape index (κ1) is 61.9. The second-order valence-electron chi connectivity index (χ2n) is 24.2. The maximum absolute atomic E-state index is 14.6. The zero-order valence-electron chi connectivity index (χ0n) is 48.3. The second-order valence-corrected chi connectivity index (χ2v) is 24.2. The lowest BCUT2D eigenvalue weighted by Crippen LogP contribution is -2.51. The van der Waals surface area contributed by atoms with Gasteiger partial charge in [0.25, 0.3) is 11.8 Å². The molecule has 3 aromatic rings. The minimum atomic E-state index is -4.74. The van der Waals surface area contributed by atoms with Gasteiger partial charge in [0.2, 0.25) is 17.7 Å². The minimum absolute atomic E-state index is 0.0410. The van der Waals surface area contributed by atoms with Gasteiger partial charge in [-0.15, -0.1) is 0 Å². The molecule has 0 atom stereocenters. The maximum Gasteiger partial charge on any atom is 0.417 e. The van der Waals surface area contributed by atoms with E-state index in [2.05, 4.69) is 10.6 Å². The first-order valence-corrected chi connectivity index (χ1v) is 30.0. The van der Waals surface area contributed by atoms with Crippen LogP contribution < -0.4 is 20.4 Å². The molecule has 448 valence electrons. The molecule has 6 amide bonds. The number of nitrogens with zero attached hydrogens (tertiary/aromatic N) is 4. The summed E-state index contributed by atoms with van der Waals surface area (Å²) in [7, 11) is 0. The highest BCUT2D eigenvalue weighted by atomic mass is 19.4. The molecule has 4 saturated carbocycles. The molecule has 3 aromatic carbocycles. The van der Waals surface area contributed by atoms with Gasteiger partial charge in [-0.05, 0) is 133 Å². The van der Waals surface area contributed by atoms with Crippen molar-refractivity contribution in [3.05, 3.63) is 93.5 Å². The average molecular weight is 1150 g/mol. The van der Waals surface area contributed by atoms with Crippen molar-refractivity contribution < 1.29 is 59.8 Å². The number of nitrogens with one attached hydrogen (secondary N) is 2. The van der Waals surface area contributed by atoms with Crippen LogP contribution in [0.5, 0.6) is 0 Å². The lowest BCUT2D eigenvalue weighted by atomic mass is 9.74. The number of hydrogen-bond acceptors (Lipinski definition) is 7. The first-order valence-electron chi connectivity index (χ1n) is 30.0. The van der Waals surface area contributed by atoms with E-state index in [4.69, 9.17) is 4.74 Å². The summed E-state index contributed by atoms with van der Waals surface area (Å²) in [5.41, 5.74) is -1.83. The Bertz CT molecular complexity index is 2780. The van der Waals surface area contributed by atoms with Crippen LogP contribution in [0.3, 0.4) is 0 Å². The molecule has 0 saturated heterocycles. The predicted octanol–water partition coefficient (Wildman–Crippen LogP) is 13.1. The van der Waals surface area contributed by atoms with Gasteiger partial charge in [-0.3, -0.25) is 24.0 Å². The number of fused-ring (bicyclic) bond motifs is 2. The van der Waals surface area contributed by atoms with Crippen LogP contribution in [0.15, 0.2) is 54.6 Å². The fourth-order valence-electron chi connectivity index (χ4n) is 14.0. The van der Waals surface area contributed by atoms with E-state index in [-0.39, 0.29) is 87.5 Å². The fourth-order valence-corrected chi connectivity index (χ4v) is 14.0. The van der Waals surface area contributed by atoms with E-state index in [9.17, 15) is 55.1 Å². The standard InChI is InChI=1S/C34H42F3N3O4.C29H40F3N3O3/c1-23(2)40(26-13-7-4-8-14-26)30(41)27-20-29-25(19-28(27)34(35,36)37)21-33(15-9-10-16-33)31(42)39(29)18-17-38-32(43)44-22-24-11-5-3-6-12-24;1-4-25(36)33-14-15-34-24-17-22(26(37)35(19(2)3)21-10-6-5-7-11-21)23(29(30,31)32)16-20(24)18-28(27(34)38)12-8-9-13-28/h3,5-6,11-12,19-20,23,26H,4,7-10,13-18,21-22H2,1-2H3,(H,38,43);16-17,19,21H,4-15,18H2,1-3H3,(H,33,36). The van der Waals surface area contributed by atoms with Gasteiger partial charge in [0.15, 0.2) is 0 Å². The number of hydrogen-bond donors (Lipinski definition) is 2. The summed E-state index contributed by atoms with van der Waals surface area (Å²) in [5, 5.41) is 5.44. The normalized spacial score (nSPS) is 19.0. The van der Waals surface area contributed by atoms with E-state index in [1.807, 2.05) is 58.0 Å². The van der Waals surface area contributed by atoms with Gasteiger partial charge in [0, 0.05) is 68.1 Å². The van der Waals surface area contributed by atoms with Crippen molar-refractivity contribution in [2.75, 3.05) is 36.0 Å². The highest BCUT2D eigenvalue weighted by molar-refractivity contribution is 6.05. The lowest BCUT2D eigenvalue weighted by Gasteiger charge is -2.42. The van der Waals surface area contributed by atoms with Crippen LogP contribution >= 0.6 is 0 Å². The summed E-state index contributed by atoms with van der Waals surface area (Å²) in [6, 6.07) is 13.3. The van der Waals surface area contributed by atoms with Crippen molar-refractivity contribution in [2.24, 2.45) is 10.8 Å². The zero-order valence-corrected chi connectivity index (χ0v) is 48.3. The number of carbonyl (C=O) groups excluding carboxylic acids is 6. The van der Waals surface area contributed by atoms with Crippen LogP contribution in [0.4, 0.5) is 42.5 Å². The topological polar surface area (TPSA) is 149 Å². The Kier molecular flexibility index (Phi) is 19.8. The number of ether oxygens (including phenoxy) is 1. The number of benzene rings is 3. The summed E-state index contributed by atoms with van der Waals surface area (Å²) in [4.78, 5) is 86.2. The molecule has 0 bridgehead atoms. The Morgan fingerprint density at radius 2 is 1.00 bits per heavy atom. The van der Waals surface area contributed by atoms with Crippen LogP contribution in [0.2, 0.25) is 0 Å². The van der Waals surface area contributed by atoms with Gasteiger partial charge in [-0.25, -0.2) is 4.79 Å². The van der Waals surface area contributed by atoms with Crippen molar-refractivity contribution >= 4 is 47.0 Å². The lowest BCUT2D eigenvalue weighted by molar-refractivity contribution is -0.139. The number of carbonyl (C=O) groups is 6. The molecule has 0 radical (unpaired) electrons. The summed E-state index contributed by atoms with van der Waals surface area (Å²) in [5.74, 6) is -1.71. The molecule has 9 rings (SSSR count). The monoisotopic (exact) mass is 1150 g/mol. The zero-order chi connectivity index (χ0) is 59.1. The Hall–Kier alpha value is -6.14. The van der Waals surface area contributed by atoms with Crippen molar-refractivity contribution in [2.45, 2.75) is 213 Å². The highest BCUT2D eigenvalue weighted by Crippen LogP contribution is 2.52. The Balaban J connectivity index is 0.000000217. The van der Waals surface area contributed by atoms with E-state index in [1.165, 1.54) is 21.9 Å². The number of alkyl halides is 6. The van der Waals surface area contributed by atoms with E-state index < -0.39 is 63.3 Å². The van der Waals surface area contributed by atoms with Gasteiger partial charge in [0.05, 0.1) is 33.1 Å². The second kappa shape index (κ2) is 26.2. The Labute approximate surface area is 478 Å². The van der Waals surface area contributed by atoms with Crippen molar-refractivity contribution in [1.29, 1.82) is 0 Å². The summed E-state index contributed by atoms with van der Waals surface area (Å²) >= 11 is 0. The van der Waals surface area contributed by atoms with Gasteiger partial charge in [-0.1, -0.05) is 101 Å². The molecule has 19 heteroatoms. The minimum Gasteiger partial charge on any atom is -0.445 e. The van der Waals surface area contributed by atoms with Gasteiger partial charge in [-0.2, -0.15) is 26.3 Å². The molecule has 82 heavy (non-hydrogen) atoms. The molecule has 4 aliphatic carbocycles. The molecular weight excluding hydrogens is 1070 g/mol. The van der Waals surface area contributed by atoms with Crippen LogP contribution in [0.1, 0.15) is 205 Å². The predicted molar refractivity (Wildman–Crippen MR) is 301 cm³/mol. The molecule has 4 fully saturated rings. The Morgan fingerprint density at radius 3 is 1.38 bits per heavy atom. The number of rotatable bonds is 15. The largest absolute Gasteiger partial charge is 0.445 e. The molecule has 6 aliphatic rings. The van der Waals surface area contributed by atoms with Crippen LogP contribution in [0, 0.1) is 10.8 Å². The molecule has 2 N–H and O–H groups in total. The van der Waals surface area contributed by atoms with E-state index in [0.717, 1.165) is 108 Å². The fraction of sp³-hybridized carbons (Fsp3) is 0.619. The third-order valence-electron chi connectivity index (χ3n) is 18.0. The van der Waals surface area contributed by atoms with Crippen molar-refractivity contribution in [3.8, 4) is 0 Å². The molecule has 2 spiro atoms. The maximum atomic E-state index is 14.6. The van der Waals surface area contributed by atoms with Crippen LogP contribution in [-0.2, 0) is 50.9 Å². The number of anilines is 2. The third-order valence-corrected chi connectivity index (χ3v) is 18.0. The molecule has 0 aromatic heterocycles. The molecule has 2 aliphatic heterocycles. The van der Waals surface area contributed by atoms with Gasteiger partial charge < -0.3 is 35.0 Å². The summed E-state index contributed by atoms with van der Waals surface area (Å²) < 4.78 is 92.5. The van der Waals surface area contributed by atoms with Crippen LogP contribution in [0.25, 0.3) is 0 Å². The third kappa shape index (κ3) is 13.8. The Morgan fingerprint density at radius 1 is 0.598 bits per heavy atom. The van der Waals surface area contributed by atoms with Gasteiger partial charge in [0.1, 0.15) is 6.61 Å². The van der Waals surface area contributed by atoms with E-state index in [0.29, 0.717) is 54.6 Å². The SMILES string of the molecule is CC(C)N(C(=O)c1cc2c(cc1C(F)(F)F)CC1(CCCC1)C(=O)N2CCNC(=O)OCc1ccccc1)C1CCCCC1.CCC(=O)NCCN1C(=O)C2(CCCC2)Cc2cc(C(F)(F)F)c(C(=O)N(C(C)C)C3CCCCC3)cc21. The number of alkyl carbamates (subject to hydrolysis) is 1. The smallest absolute Gasteiger partial charge is 0.417 e. The molecule has 2 heterocycles. The average Bonchev–Trinajstić information content (AvgIpc) is 1.73. The van der Waals surface area contributed by atoms with E-state index >= 15 is 0 Å².